The van der Waals surface area contributed by atoms with Crippen molar-refractivity contribution in [3.8, 4) is 11.5 Å². The Morgan fingerprint density at radius 2 is 0.986 bits per heavy atom. The minimum atomic E-state index is -3.97. The molecule has 26 heteroatoms. The Balaban J connectivity index is 0.000000182. The topological polar surface area (TPSA) is 247 Å². The van der Waals surface area contributed by atoms with Crippen LogP contribution in [0, 0.1) is 11.6 Å². The van der Waals surface area contributed by atoms with Crippen molar-refractivity contribution in [2.24, 2.45) is 0 Å². The van der Waals surface area contributed by atoms with Gasteiger partial charge in [0.1, 0.15) is 11.3 Å². The van der Waals surface area contributed by atoms with Gasteiger partial charge in [-0.05, 0) is 85.0 Å². The van der Waals surface area contributed by atoms with Gasteiger partial charge in [-0.3, -0.25) is 9.59 Å². The SMILES string of the molecule is COc1ccc(S(=O)(=O)N(C)C)c(CNC(=O)c2cn(Cc3cn4cc(C5CC5)ccc4n3)nn2)c1F.COc1ccc(S(=O)(=O)N(C)C)c(CNC(=O)c2cn(Cc3cn4cc(C5CC5)ccc4n3)nn2)c1F. The number of nitrogens with zero attached hydrogens (tertiary/aromatic N) is 12. The number of carbonyl (C=O) groups excluding carboxylic acids is 2. The van der Waals surface area contributed by atoms with Crippen LogP contribution in [-0.2, 0) is 46.2 Å². The molecule has 0 aliphatic heterocycles. The molecule has 2 fully saturated rings. The first-order valence-electron chi connectivity index (χ1n) is 23.2. The molecule has 6 aromatic heterocycles. The van der Waals surface area contributed by atoms with E-state index in [9.17, 15) is 35.2 Å². The predicted octanol–water partition coefficient (Wildman–Crippen LogP) is 4.36. The molecule has 6 heterocycles. The molecule has 388 valence electrons. The molecule has 2 aliphatic carbocycles. The highest BCUT2D eigenvalue weighted by Gasteiger charge is 2.29. The van der Waals surface area contributed by atoms with Crippen molar-refractivity contribution in [2.75, 3.05) is 42.4 Å². The van der Waals surface area contributed by atoms with E-state index in [2.05, 4.69) is 65.8 Å². The number of hydrogen-bond donors (Lipinski definition) is 2. The Morgan fingerprint density at radius 1 is 0.595 bits per heavy atom. The number of halogens is 2. The van der Waals surface area contributed by atoms with Crippen LogP contribution in [0.25, 0.3) is 11.3 Å². The zero-order chi connectivity index (χ0) is 52.6. The van der Waals surface area contributed by atoms with Crippen LogP contribution in [0.3, 0.4) is 0 Å². The van der Waals surface area contributed by atoms with E-state index in [1.807, 2.05) is 33.3 Å². The molecule has 2 N–H and O–H groups in total. The van der Waals surface area contributed by atoms with Gasteiger partial charge in [-0.1, -0.05) is 22.6 Å². The monoisotopic (exact) mass is 1050 g/mol. The van der Waals surface area contributed by atoms with Gasteiger partial charge in [0.05, 0.1) is 60.9 Å². The van der Waals surface area contributed by atoms with Crippen LogP contribution in [0.15, 0.2) is 95.5 Å². The van der Waals surface area contributed by atoms with Crippen molar-refractivity contribution in [1.29, 1.82) is 0 Å². The summed E-state index contributed by atoms with van der Waals surface area (Å²) in [5.74, 6) is -2.00. The zero-order valence-corrected chi connectivity index (χ0v) is 42.7. The van der Waals surface area contributed by atoms with Gasteiger partial charge >= 0.3 is 0 Å². The van der Waals surface area contributed by atoms with Gasteiger partial charge in [0, 0.05) is 77.2 Å². The molecule has 0 unspecified atom stereocenters. The van der Waals surface area contributed by atoms with Gasteiger partial charge in [0.25, 0.3) is 11.8 Å². The number of hydrogen-bond acceptors (Lipinski definition) is 14. The Bertz CT molecular complexity index is 3420. The molecule has 0 atom stereocenters. The number of imidazole rings is 2. The first-order valence-corrected chi connectivity index (χ1v) is 26.1. The second kappa shape index (κ2) is 20.7. The molecule has 2 amide bonds. The Hall–Kier alpha value is -7.68. The maximum atomic E-state index is 15.0. The van der Waals surface area contributed by atoms with Crippen LogP contribution in [0.2, 0.25) is 0 Å². The number of nitrogens with one attached hydrogen (secondary N) is 2. The first-order chi connectivity index (χ1) is 35.3. The summed E-state index contributed by atoms with van der Waals surface area (Å²) in [6.45, 7) is -0.188. The number of benzene rings is 2. The summed E-state index contributed by atoms with van der Waals surface area (Å²) in [5, 5.41) is 20.9. The van der Waals surface area contributed by atoms with Gasteiger partial charge in [-0.2, -0.15) is 0 Å². The molecular formula is C48H52F2N14O8S2. The molecule has 0 bridgehead atoms. The second-order valence-electron chi connectivity index (χ2n) is 18.1. The third-order valence-corrected chi connectivity index (χ3v) is 16.3. The molecule has 10 rings (SSSR count). The molecule has 22 nitrogen and oxygen atoms in total. The van der Waals surface area contributed by atoms with Crippen LogP contribution in [-0.4, -0.2) is 128 Å². The summed E-state index contributed by atoms with van der Waals surface area (Å²) in [4.78, 5) is 34.1. The number of aromatic nitrogens is 10. The van der Waals surface area contributed by atoms with Gasteiger partial charge in [-0.15, -0.1) is 10.2 Å². The lowest BCUT2D eigenvalue weighted by molar-refractivity contribution is 0.0937. The van der Waals surface area contributed by atoms with Gasteiger partial charge in [0.15, 0.2) is 34.5 Å². The second-order valence-corrected chi connectivity index (χ2v) is 22.4. The minimum absolute atomic E-state index is 0.0000971. The van der Waals surface area contributed by atoms with E-state index in [0.717, 1.165) is 31.3 Å². The molecule has 0 spiro atoms. The number of methoxy groups -OCH3 is 2. The Morgan fingerprint density at radius 3 is 1.34 bits per heavy atom. The molecule has 0 radical (unpaired) electrons. The van der Waals surface area contributed by atoms with Gasteiger partial charge in [-0.25, -0.2) is 53.6 Å². The maximum Gasteiger partial charge on any atom is 0.273 e. The third-order valence-electron chi connectivity index (χ3n) is 12.5. The molecule has 2 aliphatic rings. The highest BCUT2D eigenvalue weighted by Crippen LogP contribution is 2.41. The molecule has 0 saturated heterocycles. The van der Waals surface area contributed by atoms with E-state index in [4.69, 9.17) is 9.47 Å². The predicted molar refractivity (Wildman–Crippen MR) is 263 cm³/mol. The van der Waals surface area contributed by atoms with Crippen molar-refractivity contribution in [3.05, 3.63) is 142 Å². The Labute approximate surface area is 424 Å². The van der Waals surface area contributed by atoms with E-state index in [1.54, 1.807) is 0 Å². The lowest BCUT2D eigenvalue weighted by Gasteiger charge is -2.17. The summed E-state index contributed by atoms with van der Waals surface area (Å²) in [7, 11) is -0.0295. The number of rotatable bonds is 18. The minimum Gasteiger partial charge on any atom is -0.494 e. The fourth-order valence-electron chi connectivity index (χ4n) is 8.09. The smallest absolute Gasteiger partial charge is 0.273 e. The summed E-state index contributed by atoms with van der Waals surface area (Å²) in [6, 6.07) is 13.1. The number of fused-ring (bicyclic) bond motifs is 2. The summed E-state index contributed by atoms with van der Waals surface area (Å²) in [6.07, 6.45) is 15.8. The molecule has 74 heavy (non-hydrogen) atoms. The van der Waals surface area contributed by atoms with Crippen LogP contribution in [0.1, 0.15) is 92.1 Å². The van der Waals surface area contributed by atoms with Crippen LogP contribution < -0.4 is 20.1 Å². The average Bonchev–Trinajstić information content (AvgIpc) is 4.21. The van der Waals surface area contributed by atoms with E-state index >= 15 is 0 Å². The van der Waals surface area contributed by atoms with E-state index in [1.165, 1.54) is 125 Å². The van der Waals surface area contributed by atoms with Crippen LogP contribution in [0.4, 0.5) is 8.78 Å². The fraction of sp³-hybridized carbons (Fsp3) is 0.333. The van der Waals surface area contributed by atoms with Crippen molar-refractivity contribution in [2.45, 2.75) is 73.5 Å². The van der Waals surface area contributed by atoms with E-state index in [-0.39, 0.29) is 43.8 Å². The van der Waals surface area contributed by atoms with Crippen LogP contribution >= 0.6 is 0 Å². The molecule has 2 aromatic carbocycles. The number of sulfonamides is 2. The number of carbonyl (C=O) groups is 2. The Kier molecular flexibility index (Phi) is 14.3. The number of pyridine rings is 2. The quantitative estimate of drug-likeness (QED) is 0.121. The summed E-state index contributed by atoms with van der Waals surface area (Å²) >= 11 is 0. The lowest BCUT2D eigenvalue weighted by atomic mass is 10.2. The van der Waals surface area contributed by atoms with E-state index < -0.39 is 56.6 Å². The van der Waals surface area contributed by atoms with Gasteiger partial charge in [0.2, 0.25) is 20.0 Å². The average molecular weight is 1060 g/mol. The summed E-state index contributed by atoms with van der Waals surface area (Å²) in [5.41, 5.74) is 5.30. The lowest BCUT2D eigenvalue weighted by Crippen LogP contribution is -2.28. The fourth-order valence-corrected chi connectivity index (χ4v) is 10.3. The number of amides is 2. The standard InChI is InChI=1S/2C24H26FN7O4S/c2*1-30(2)37(34,35)21-8-7-20(36-3)23(25)18(21)10-26-24(33)19-14-32(29-28-19)13-17-12-31-11-16(15-4-5-15)6-9-22(31)27-17/h2*6-9,11-12,14-15H,4-5,10,13H2,1-3H3,(H,26,33). The van der Waals surface area contributed by atoms with Crippen molar-refractivity contribution >= 4 is 43.2 Å². The summed E-state index contributed by atoms with van der Waals surface area (Å²) < 4.78 is 99.5. The van der Waals surface area contributed by atoms with Crippen molar-refractivity contribution < 1.29 is 44.7 Å². The van der Waals surface area contributed by atoms with Crippen molar-refractivity contribution in [1.82, 2.24) is 68.0 Å². The largest absolute Gasteiger partial charge is 0.494 e. The third kappa shape index (κ3) is 10.8. The zero-order valence-electron chi connectivity index (χ0n) is 41.1. The molecule has 2 saturated carbocycles. The highest BCUT2D eigenvalue weighted by molar-refractivity contribution is 7.89. The normalized spacial score (nSPS) is 13.9. The van der Waals surface area contributed by atoms with E-state index in [0.29, 0.717) is 24.9 Å². The number of ether oxygens (including phenoxy) is 2. The van der Waals surface area contributed by atoms with Gasteiger partial charge < -0.3 is 28.9 Å². The first kappa shape index (κ1) is 51.2. The highest BCUT2D eigenvalue weighted by atomic mass is 32.2. The molecule has 8 aromatic rings. The van der Waals surface area contributed by atoms with Crippen LogP contribution in [0.5, 0.6) is 11.5 Å². The van der Waals surface area contributed by atoms with Crippen molar-refractivity contribution in [3.63, 3.8) is 0 Å². The maximum absolute atomic E-state index is 15.0. The molecular weight excluding hydrogens is 1000 g/mol.